The maximum absolute atomic E-state index is 14.6. The Kier molecular flexibility index (Phi) is 8.19. The van der Waals surface area contributed by atoms with Crippen LogP contribution in [-0.2, 0) is 19.5 Å². The number of hydrogen-bond donors (Lipinski definition) is 0. The molecule has 0 saturated carbocycles. The fourth-order valence-electron chi connectivity index (χ4n) is 4.71. The minimum Gasteiger partial charge on any atom is -0.354 e. The summed E-state index contributed by atoms with van der Waals surface area (Å²) in [5.74, 6) is 0.645. The number of likely N-dealkylation sites (N-methyl/N-ethyl adjacent to an activating group) is 1. The highest BCUT2D eigenvalue weighted by atomic mass is 19.1. The second-order valence-corrected chi connectivity index (χ2v) is 9.53. The predicted octanol–water partition coefficient (Wildman–Crippen LogP) is 5.27. The van der Waals surface area contributed by atoms with E-state index in [2.05, 4.69) is 42.5 Å². The Bertz CT molecular complexity index is 1100. The molecule has 0 aliphatic carbocycles. The van der Waals surface area contributed by atoms with Crippen molar-refractivity contribution >= 4 is 5.82 Å². The van der Waals surface area contributed by atoms with Crippen LogP contribution in [0.1, 0.15) is 44.0 Å². The van der Waals surface area contributed by atoms with Gasteiger partial charge >= 0.3 is 0 Å². The molecule has 0 radical (unpaired) electrons. The molecule has 4 rings (SSSR count). The molecular formula is C28H37F2N5. The summed E-state index contributed by atoms with van der Waals surface area (Å²) in [5, 5.41) is 5.02. The molecule has 0 amide bonds. The van der Waals surface area contributed by atoms with Crippen LogP contribution in [-0.4, -0.2) is 58.8 Å². The summed E-state index contributed by atoms with van der Waals surface area (Å²) in [6.07, 6.45) is 1.75. The molecule has 1 aliphatic rings. The average Bonchev–Trinajstić information content (AvgIpc) is 3.23. The maximum atomic E-state index is 14.6. The molecule has 5 nitrogen and oxygen atoms in total. The number of aromatic nitrogens is 2. The normalized spacial score (nSPS) is 15.7. The Morgan fingerprint density at radius 2 is 1.63 bits per heavy atom. The molecule has 2 heterocycles. The first-order chi connectivity index (χ1) is 16.9. The molecule has 188 valence electrons. The molecular weight excluding hydrogens is 444 g/mol. The molecule has 35 heavy (non-hydrogen) atoms. The largest absolute Gasteiger partial charge is 0.354 e. The lowest BCUT2D eigenvalue weighted by atomic mass is 10.1. The van der Waals surface area contributed by atoms with Gasteiger partial charge in [0.15, 0.2) is 0 Å². The Labute approximate surface area is 208 Å². The van der Waals surface area contributed by atoms with Gasteiger partial charge in [-0.25, -0.2) is 13.5 Å². The van der Waals surface area contributed by atoms with E-state index in [4.69, 9.17) is 5.10 Å². The van der Waals surface area contributed by atoms with Gasteiger partial charge in [-0.15, -0.1) is 0 Å². The predicted molar refractivity (Wildman–Crippen MR) is 138 cm³/mol. The highest BCUT2D eigenvalue weighted by Gasteiger charge is 2.28. The van der Waals surface area contributed by atoms with Crippen LogP contribution in [0.4, 0.5) is 14.6 Å². The van der Waals surface area contributed by atoms with Gasteiger partial charge in [0.05, 0.1) is 11.4 Å². The lowest BCUT2D eigenvalue weighted by Gasteiger charge is -2.36. The fourth-order valence-corrected chi connectivity index (χ4v) is 4.71. The highest BCUT2D eigenvalue weighted by molar-refractivity contribution is 5.56. The molecule has 3 aromatic rings. The van der Waals surface area contributed by atoms with Gasteiger partial charge in [0.25, 0.3) is 0 Å². The molecule has 0 bridgehead atoms. The highest BCUT2D eigenvalue weighted by Crippen LogP contribution is 2.31. The van der Waals surface area contributed by atoms with Crippen LogP contribution in [0.5, 0.6) is 0 Å². The summed E-state index contributed by atoms with van der Waals surface area (Å²) in [7, 11) is 2.14. The van der Waals surface area contributed by atoms with Crippen LogP contribution >= 0.6 is 0 Å². The Morgan fingerprint density at radius 3 is 2.26 bits per heavy atom. The van der Waals surface area contributed by atoms with Gasteiger partial charge in [0, 0.05) is 56.4 Å². The van der Waals surface area contributed by atoms with Gasteiger partial charge in [-0.1, -0.05) is 32.0 Å². The summed E-state index contributed by atoms with van der Waals surface area (Å²) in [6.45, 7) is 11.4. The number of halogens is 2. The zero-order chi connectivity index (χ0) is 24.9. The van der Waals surface area contributed by atoms with Crippen molar-refractivity contribution in [3.05, 3.63) is 77.0 Å². The maximum Gasteiger partial charge on any atom is 0.137 e. The standard InChI is InChI=1S/C28H37F2N5/c1-5-21(3)34(19-22-9-7-8-10-26(22)30)20-25-27(6-2)31-35(24-13-11-23(29)12-14-24)28(25)33-17-15-32(4)16-18-33/h7-14,21H,5-6,15-20H2,1-4H3. The SMILES string of the molecule is CCc1nn(-c2ccc(F)cc2)c(N2CCN(C)CC2)c1CN(Cc1ccccc1F)C(C)CC. The number of aryl methyl sites for hydroxylation is 1. The summed E-state index contributed by atoms with van der Waals surface area (Å²) in [5.41, 5.74) is 3.77. The van der Waals surface area contributed by atoms with Crippen molar-refractivity contribution in [3.63, 3.8) is 0 Å². The second-order valence-electron chi connectivity index (χ2n) is 9.53. The van der Waals surface area contributed by atoms with Crippen molar-refractivity contribution < 1.29 is 8.78 Å². The molecule has 1 fully saturated rings. The van der Waals surface area contributed by atoms with Crippen molar-refractivity contribution in [1.82, 2.24) is 19.6 Å². The quantitative estimate of drug-likeness (QED) is 0.416. The van der Waals surface area contributed by atoms with Crippen molar-refractivity contribution in [2.75, 3.05) is 38.1 Å². The van der Waals surface area contributed by atoms with Crippen molar-refractivity contribution in [3.8, 4) is 5.69 Å². The van der Waals surface area contributed by atoms with Crippen LogP contribution in [0.3, 0.4) is 0 Å². The molecule has 1 aliphatic heterocycles. The minimum atomic E-state index is -0.258. The summed E-state index contributed by atoms with van der Waals surface area (Å²) in [4.78, 5) is 7.09. The van der Waals surface area contributed by atoms with E-state index in [1.807, 2.05) is 16.8 Å². The second kappa shape index (κ2) is 11.3. The molecule has 0 spiro atoms. The van der Waals surface area contributed by atoms with E-state index in [1.165, 1.54) is 23.8 Å². The van der Waals surface area contributed by atoms with Crippen molar-refractivity contribution in [2.24, 2.45) is 0 Å². The van der Waals surface area contributed by atoms with Gasteiger partial charge in [0.2, 0.25) is 0 Å². The topological polar surface area (TPSA) is 27.5 Å². The fraction of sp³-hybridized carbons (Fsp3) is 0.464. The minimum absolute atomic E-state index is 0.169. The zero-order valence-corrected chi connectivity index (χ0v) is 21.3. The van der Waals surface area contributed by atoms with Crippen LogP contribution in [0.2, 0.25) is 0 Å². The number of piperazine rings is 1. The smallest absolute Gasteiger partial charge is 0.137 e. The lowest BCUT2D eigenvalue weighted by Crippen LogP contribution is -2.45. The van der Waals surface area contributed by atoms with Crippen molar-refractivity contribution in [2.45, 2.75) is 52.7 Å². The van der Waals surface area contributed by atoms with E-state index in [-0.39, 0.29) is 17.7 Å². The van der Waals surface area contributed by atoms with E-state index in [0.717, 1.165) is 56.2 Å². The van der Waals surface area contributed by atoms with Gasteiger partial charge in [-0.3, -0.25) is 4.90 Å². The number of anilines is 1. The van der Waals surface area contributed by atoms with Crippen LogP contribution < -0.4 is 4.90 Å². The van der Waals surface area contributed by atoms with Crippen molar-refractivity contribution in [1.29, 1.82) is 0 Å². The Balaban J connectivity index is 1.77. The van der Waals surface area contributed by atoms with Gasteiger partial charge in [-0.2, -0.15) is 5.10 Å². The molecule has 1 unspecified atom stereocenters. The van der Waals surface area contributed by atoms with E-state index in [0.29, 0.717) is 18.7 Å². The Morgan fingerprint density at radius 1 is 0.943 bits per heavy atom. The summed E-state index contributed by atoms with van der Waals surface area (Å²) in [6, 6.07) is 13.9. The Hall–Kier alpha value is -2.77. The lowest BCUT2D eigenvalue weighted by molar-refractivity contribution is 0.183. The third-order valence-corrected chi connectivity index (χ3v) is 7.16. The first-order valence-electron chi connectivity index (χ1n) is 12.7. The monoisotopic (exact) mass is 481 g/mol. The van der Waals surface area contributed by atoms with Gasteiger partial charge in [-0.05, 0) is 57.1 Å². The van der Waals surface area contributed by atoms with E-state index < -0.39 is 0 Å². The molecule has 1 saturated heterocycles. The molecule has 1 aromatic heterocycles. The molecule has 1 atom stereocenters. The third kappa shape index (κ3) is 5.73. The summed E-state index contributed by atoms with van der Waals surface area (Å²) >= 11 is 0. The third-order valence-electron chi connectivity index (χ3n) is 7.16. The number of hydrogen-bond acceptors (Lipinski definition) is 4. The zero-order valence-electron chi connectivity index (χ0n) is 21.3. The van der Waals surface area contributed by atoms with Gasteiger partial charge in [0.1, 0.15) is 17.5 Å². The van der Waals surface area contributed by atoms with E-state index in [9.17, 15) is 8.78 Å². The van der Waals surface area contributed by atoms with Gasteiger partial charge < -0.3 is 9.80 Å². The number of rotatable bonds is 9. The summed E-state index contributed by atoms with van der Waals surface area (Å²) < 4.78 is 30.3. The first kappa shape index (κ1) is 25.3. The van der Waals surface area contributed by atoms with E-state index >= 15 is 0 Å². The number of nitrogens with zero attached hydrogens (tertiary/aromatic N) is 5. The van der Waals surface area contributed by atoms with Crippen LogP contribution in [0.25, 0.3) is 5.69 Å². The molecule has 7 heteroatoms. The van der Waals surface area contributed by atoms with Crippen LogP contribution in [0, 0.1) is 11.6 Å². The number of benzene rings is 2. The molecule has 0 N–H and O–H groups in total. The first-order valence-corrected chi connectivity index (χ1v) is 12.7. The van der Waals surface area contributed by atoms with E-state index in [1.54, 1.807) is 18.2 Å². The molecule has 2 aromatic carbocycles. The average molecular weight is 482 g/mol. The van der Waals surface area contributed by atoms with Crippen LogP contribution in [0.15, 0.2) is 48.5 Å².